The molecule has 0 radical (unpaired) electrons. The van der Waals surface area contributed by atoms with Crippen molar-refractivity contribution in [2.45, 2.75) is 148 Å². The predicted octanol–water partition coefficient (Wildman–Crippen LogP) is 1.72. The van der Waals surface area contributed by atoms with Crippen molar-refractivity contribution in [2.75, 3.05) is 13.2 Å². The summed E-state index contributed by atoms with van der Waals surface area (Å²) in [4.78, 5) is 11.3. The standard InChI is InChI=1S/C34H56O12/c1-17(12-14-35)11-13-33(6)19(3)15-24(34(7)18(2)9-8-10-23(33)34)45-31-29(41)27(39)30(20(4)43-31)46-32-28(40)26(38)25(37)22(44-32)16-42-21(5)36/h9,12,19-20,22-32,35,37-41H,8,10-11,13-16H2,1-7H3/b17-12+/t19-,20+,22-,23-,24+,25-,26+,27+,28-,29-,30+,31+,32+,33-,34+/m1/s1. The smallest absolute Gasteiger partial charge is 0.302 e. The molecule has 1 saturated carbocycles. The Kier molecular flexibility index (Phi) is 12.2. The van der Waals surface area contributed by atoms with Crippen LogP contribution in [-0.2, 0) is 28.5 Å². The fourth-order valence-corrected chi connectivity index (χ4v) is 8.26. The molecule has 0 amide bonds. The van der Waals surface area contributed by atoms with Gasteiger partial charge in [-0.25, -0.2) is 0 Å². The summed E-state index contributed by atoms with van der Waals surface area (Å²) in [6, 6.07) is 0. The summed E-state index contributed by atoms with van der Waals surface area (Å²) >= 11 is 0. The Balaban J connectivity index is 1.48. The monoisotopic (exact) mass is 656 g/mol. The number of aliphatic hydroxyl groups is 6. The van der Waals surface area contributed by atoms with Crippen LogP contribution in [0, 0.1) is 22.7 Å². The molecule has 12 nitrogen and oxygen atoms in total. The number of esters is 1. The second kappa shape index (κ2) is 15.0. The number of hydrogen-bond acceptors (Lipinski definition) is 12. The molecule has 15 atom stereocenters. The third-order valence-corrected chi connectivity index (χ3v) is 11.6. The molecule has 12 heteroatoms. The first kappa shape index (κ1) is 37.4. The average molecular weight is 657 g/mol. The van der Waals surface area contributed by atoms with Gasteiger partial charge >= 0.3 is 5.97 Å². The van der Waals surface area contributed by atoms with E-state index in [4.69, 9.17) is 23.7 Å². The molecule has 6 N–H and O–H groups in total. The minimum Gasteiger partial charge on any atom is -0.463 e. The van der Waals surface area contributed by atoms with Crippen LogP contribution >= 0.6 is 0 Å². The average Bonchev–Trinajstić information content (AvgIpc) is 3.00. The van der Waals surface area contributed by atoms with Crippen molar-refractivity contribution in [3.05, 3.63) is 23.3 Å². The highest BCUT2D eigenvalue weighted by Crippen LogP contribution is 2.63. The van der Waals surface area contributed by atoms with Crippen LogP contribution in [0.25, 0.3) is 0 Å². The third-order valence-electron chi connectivity index (χ3n) is 11.6. The number of hydrogen-bond donors (Lipinski definition) is 6. The molecule has 0 bridgehead atoms. The van der Waals surface area contributed by atoms with Gasteiger partial charge in [-0.3, -0.25) is 4.79 Å². The van der Waals surface area contributed by atoms with Crippen molar-refractivity contribution >= 4 is 5.97 Å². The van der Waals surface area contributed by atoms with Crippen molar-refractivity contribution in [1.82, 2.24) is 0 Å². The second-order valence-corrected chi connectivity index (χ2v) is 14.4. The minimum absolute atomic E-state index is 0.0127. The molecule has 0 aromatic heterocycles. The number of ether oxygens (including phenoxy) is 5. The number of carbonyl (C=O) groups is 1. The lowest BCUT2D eigenvalue weighted by molar-refractivity contribution is -0.364. The molecule has 2 saturated heterocycles. The van der Waals surface area contributed by atoms with Gasteiger partial charge < -0.3 is 54.3 Å². The van der Waals surface area contributed by atoms with Crippen LogP contribution in [0.15, 0.2) is 23.3 Å². The van der Waals surface area contributed by atoms with Crippen molar-refractivity contribution in [2.24, 2.45) is 22.7 Å². The molecule has 0 aromatic carbocycles. The second-order valence-electron chi connectivity index (χ2n) is 14.4. The first-order valence-electron chi connectivity index (χ1n) is 16.6. The summed E-state index contributed by atoms with van der Waals surface area (Å²) in [6.07, 6.45) is -5.37. The molecule has 0 spiro atoms. The Morgan fingerprint density at radius 3 is 2.28 bits per heavy atom. The van der Waals surface area contributed by atoms with E-state index in [1.54, 1.807) is 6.92 Å². The van der Waals surface area contributed by atoms with Gasteiger partial charge in [0.1, 0.15) is 49.3 Å². The predicted molar refractivity (Wildman–Crippen MR) is 166 cm³/mol. The lowest BCUT2D eigenvalue weighted by Gasteiger charge is -2.61. The molecule has 4 aliphatic rings. The summed E-state index contributed by atoms with van der Waals surface area (Å²) in [5, 5.41) is 63.2. The molecule has 2 aliphatic carbocycles. The highest BCUT2D eigenvalue weighted by molar-refractivity contribution is 5.65. The van der Waals surface area contributed by atoms with E-state index >= 15 is 0 Å². The maximum Gasteiger partial charge on any atom is 0.302 e. The van der Waals surface area contributed by atoms with Gasteiger partial charge in [-0.1, -0.05) is 44.1 Å². The number of aliphatic hydroxyl groups excluding tert-OH is 6. The Morgan fingerprint density at radius 1 is 0.978 bits per heavy atom. The van der Waals surface area contributed by atoms with Crippen molar-refractivity contribution in [3.8, 4) is 0 Å². The summed E-state index contributed by atoms with van der Waals surface area (Å²) in [5.74, 6) is -0.0326. The van der Waals surface area contributed by atoms with Crippen LogP contribution in [0.2, 0.25) is 0 Å². The van der Waals surface area contributed by atoms with Gasteiger partial charge in [-0.05, 0) is 70.1 Å². The van der Waals surface area contributed by atoms with E-state index in [0.717, 1.165) is 32.1 Å². The quantitative estimate of drug-likeness (QED) is 0.148. The highest BCUT2D eigenvalue weighted by atomic mass is 16.7. The molecule has 264 valence electrons. The topological polar surface area (TPSA) is 185 Å². The van der Waals surface area contributed by atoms with Crippen molar-refractivity contribution in [3.63, 3.8) is 0 Å². The molecular formula is C34H56O12. The molecule has 3 fully saturated rings. The van der Waals surface area contributed by atoms with E-state index in [-0.39, 0.29) is 36.1 Å². The fourth-order valence-electron chi connectivity index (χ4n) is 8.26. The molecule has 2 aliphatic heterocycles. The van der Waals surface area contributed by atoms with Gasteiger partial charge in [0.2, 0.25) is 0 Å². The van der Waals surface area contributed by atoms with Gasteiger partial charge in [0.15, 0.2) is 12.6 Å². The van der Waals surface area contributed by atoms with Gasteiger partial charge in [0, 0.05) is 12.3 Å². The van der Waals surface area contributed by atoms with E-state index in [1.807, 2.05) is 6.08 Å². The fraction of sp³-hybridized carbons (Fsp3) is 0.853. The maximum absolute atomic E-state index is 11.3. The highest BCUT2D eigenvalue weighted by Gasteiger charge is 2.59. The maximum atomic E-state index is 11.3. The van der Waals surface area contributed by atoms with E-state index in [2.05, 4.69) is 40.7 Å². The SMILES string of the molecule is CC(=O)OC[C@H]1O[C@@H](O[C@@H]2[C@@H](O)[C@@H](O)[C@H](O[C@H]3C[C@@H](C)[C@@](C)(CC/C(C)=C/CO)[C@H]4CCC=C(C)[C@]34C)O[C@H]2C)[C@H](O)[C@@H](O)[C@@H]1O. The minimum atomic E-state index is -1.69. The number of rotatable bonds is 10. The molecule has 2 heterocycles. The lowest BCUT2D eigenvalue weighted by atomic mass is 9.46. The Bertz CT molecular complexity index is 1110. The van der Waals surface area contributed by atoms with E-state index in [1.165, 1.54) is 18.1 Å². The van der Waals surface area contributed by atoms with Gasteiger partial charge in [0.25, 0.3) is 0 Å². The van der Waals surface area contributed by atoms with E-state index < -0.39 is 67.4 Å². The van der Waals surface area contributed by atoms with Crippen LogP contribution in [-0.4, -0.2) is 117 Å². The molecule has 46 heavy (non-hydrogen) atoms. The van der Waals surface area contributed by atoms with Gasteiger partial charge in [0.05, 0.1) is 18.8 Å². The summed E-state index contributed by atoms with van der Waals surface area (Å²) in [5.41, 5.74) is 2.09. The number of allylic oxidation sites excluding steroid dienone is 2. The van der Waals surface area contributed by atoms with Gasteiger partial charge in [-0.2, -0.15) is 0 Å². The Labute approximate surface area is 272 Å². The first-order chi connectivity index (χ1) is 21.6. The molecule has 0 aromatic rings. The Hall–Kier alpha value is -1.45. The number of carbonyl (C=O) groups excluding carboxylic acids is 1. The zero-order chi connectivity index (χ0) is 34.1. The van der Waals surface area contributed by atoms with Crippen LogP contribution in [0.4, 0.5) is 0 Å². The number of fused-ring (bicyclic) bond motifs is 1. The van der Waals surface area contributed by atoms with Crippen LogP contribution < -0.4 is 0 Å². The van der Waals surface area contributed by atoms with Crippen molar-refractivity contribution < 1.29 is 59.1 Å². The first-order valence-corrected chi connectivity index (χ1v) is 16.6. The lowest BCUT2D eigenvalue weighted by Crippen LogP contribution is -2.65. The summed E-state index contributed by atoms with van der Waals surface area (Å²) < 4.78 is 29.2. The molecule has 0 unspecified atom stereocenters. The Morgan fingerprint density at radius 2 is 1.63 bits per heavy atom. The third kappa shape index (κ3) is 7.27. The van der Waals surface area contributed by atoms with Crippen molar-refractivity contribution in [1.29, 1.82) is 0 Å². The van der Waals surface area contributed by atoms with E-state index in [0.29, 0.717) is 5.92 Å². The van der Waals surface area contributed by atoms with Crippen LogP contribution in [0.3, 0.4) is 0 Å². The molecular weight excluding hydrogens is 600 g/mol. The largest absolute Gasteiger partial charge is 0.463 e. The molecule has 4 rings (SSSR count). The zero-order valence-electron chi connectivity index (χ0n) is 28.2. The normalized spacial score (nSPS) is 46.8. The summed E-state index contributed by atoms with van der Waals surface area (Å²) in [6.45, 7) is 13.5. The zero-order valence-corrected chi connectivity index (χ0v) is 28.2. The van der Waals surface area contributed by atoms with E-state index in [9.17, 15) is 35.4 Å². The van der Waals surface area contributed by atoms with Crippen LogP contribution in [0.5, 0.6) is 0 Å². The van der Waals surface area contributed by atoms with Crippen LogP contribution in [0.1, 0.15) is 80.6 Å². The summed E-state index contributed by atoms with van der Waals surface area (Å²) in [7, 11) is 0. The van der Waals surface area contributed by atoms with Gasteiger partial charge in [-0.15, -0.1) is 0 Å².